The Balaban J connectivity index is 3.19. The van der Waals surface area contributed by atoms with Crippen molar-refractivity contribution in [3.05, 3.63) is 32.9 Å². The molecule has 0 fully saturated rings. The van der Waals surface area contributed by atoms with Crippen LogP contribution < -0.4 is 0 Å². The van der Waals surface area contributed by atoms with Crippen LogP contribution in [0.5, 0.6) is 0 Å². The van der Waals surface area contributed by atoms with Crippen LogP contribution in [0.4, 0.5) is 8.78 Å². The highest BCUT2D eigenvalue weighted by atomic mass is 127. The van der Waals surface area contributed by atoms with Crippen molar-refractivity contribution in [3.8, 4) is 6.07 Å². The zero-order valence-corrected chi connectivity index (χ0v) is 9.01. The van der Waals surface area contributed by atoms with Crippen molar-refractivity contribution >= 4 is 28.4 Å². The van der Waals surface area contributed by atoms with E-state index in [9.17, 15) is 13.6 Å². The number of halogens is 3. The quantitative estimate of drug-likeness (QED) is 0.479. The highest BCUT2D eigenvalue weighted by Crippen LogP contribution is 2.18. The largest absolute Gasteiger partial charge is 0.293 e. The smallest absolute Gasteiger partial charge is 0.179 e. The summed E-state index contributed by atoms with van der Waals surface area (Å²) in [6, 6.07) is 4.06. The van der Waals surface area contributed by atoms with Crippen molar-refractivity contribution in [1.29, 1.82) is 5.26 Å². The maximum atomic E-state index is 13.1. The van der Waals surface area contributed by atoms with Crippen LogP contribution in [-0.2, 0) is 0 Å². The van der Waals surface area contributed by atoms with E-state index in [0.29, 0.717) is 0 Å². The standard InChI is InChI=1S/C9H4F2INO/c10-8-5(7(14)3-4-13)1-2-6(12)9(8)11/h1-2H,3H2. The first kappa shape index (κ1) is 11.0. The van der Waals surface area contributed by atoms with Gasteiger partial charge in [-0.2, -0.15) is 5.26 Å². The molecule has 0 heterocycles. The average Bonchev–Trinajstić information content (AvgIpc) is 2.15. The molecule has 0 unspecified atom stereocenters. The van der Waals surface area contributed by atoms with Crippen molar-refractivity contribution in [1.82, 2.24) is 0 Å². The lowest BCUT2D eigenvalue weighted by Crippen LogP contribution is -2.04. The van der Waals surface area contributed by atoms with Crippen LogP contribution in [0.2, 0.25) is 0 Å². The van der Waals surface area contributed by atoms with E-state index in [0.717, 1.165) is 0 Å². The van der Waals surface area contributed by atoms with Crippen molar-refractivity contribution in [2.75, 3.05) is 0 Å². The molecule has 0 bridgehead atoms. The van der Waals surface area contributed by atoms with E-state index in [1.165, 1.54) is 12.1 Å². The van der Waals surface area contributed by atoms with Crippen LogP contribution in [-0.4, -0.2) is 5.78 Å². The summed E-state index contributed by atoms with van der Waals surface area (Å²) in [5, 5.41) is 8.22. The molecule has 0 aliphatic rings. The van der Waals surface area contributed by atoms with Crippen LogP contribution in [0, 0.1) is 26.5 Å². The van der Waals surface area contributed by atoms with Gasteiger partial charge in [-0.15, -0.1) is 0 Å². The summed E-state index contributed by atoms with van der Waals surface area (Å²) in [6.45, 7) is 0. The Kier molecular flexibility index (Phi) is 3.52. The lowest BCUT2D eigenvalue weighted by atomic mass is 10.1. The highest BCUT2D eigenvalue weighted by molar-refractivity contribution is 14.1. The van der Waals surface area contributed by atoms with Gasteiger partial charge in [-0.05, 0) is 34.7 Å². The van der Waals surface area contributed by atoms with Gasteiger partial charge in [-0.25, -0.2) is 8.78 Å². The number of Topliss-reactive ketones (excluding diaryl/α,β-unsaturated/α-hetero) is 1. The van der Waals surface area contributed by atoms with E-state index in [1.807, 2.05) is 0 Å². The van der Waals surface area contributed by atoms with Gasteiger partial charge in [0.1, 0.15) is 0 Å². The fourth-order valence-corrected chi connectivity index (χ4v) is 1.32. The second-order valence-electron chi connectivity index (χ2n) is 2.48. The molecule has 0 N–H and O–H groups in total. The molecule has 14 heavy (non-hydrogen) atoms. The van der Waals surface area contributed by atoms with E-state index in [4.69, 9.17) is 5.26 Å². The van der Waals surface area contributed by atoms with Crippen molar-refractivity contribution in [2.45, 2.75) is 6.42 Å². The Morgan fingerprint density at radius 2 is 2.07 bits per heavy atom. The second kappa shape index (κ2) is 4.46. The minimum atomic E-state index is -1.18. The van der Waals surface area contributed by atoms with Crippen LogP contribution in [0.25, 0.3) is 0 Å². The van der Waals surface area contributed by atoms with Crippen LogP contribution in [0.3, 0.4) is 0 Å². The number of ketones is 1. The molecule has 0 aliphatic heterocycles. The van der Waals surface area contributed by atoms with E-state index in [-0.39, 0.29) is 9.13 Å². The summed E-state index contributed by atoms with van der Waals surface area (Å²) < 4.78 is 26.2. The van der Waals surface area contributed by atoms with Crippen molar-refractivity contribution in [2.24, 2.45) is 0 Å². The number of carbonyl (C=O) groups excluding carboxylic acids is 1. The summed E-state index contributed by atoms with van der Waals surface area (Å²) in [6.07, 6.45) is -0.447. The van der Waals surface area contributed by atoms with Gasteiger partial charge in [0.15, 0.2) is 17.4 Å². The molecule has 1 aromatic rings. The predicted octanol–water partition coefficient (Wildman–Crippen LogP) is 2.67. The fraction of sp³-hybridized carbons (Fsp3) is 0.111. The molecule has 0 spiro atoms. The maximum Gasteiger partial charge on any atom is 0.179 e. The fourth-order valence-electron chi connectivity index (χ4n) is 0.908. The van der Waals surface area contributed by atoms with Gasteiger partial charge in [0.25, 0.3) is 0 Å². The number of carbonyl (C=O) groups is 1. The summed E-state index contributed by atoms with van der Waals surface area (Å²) in [5.74, 6) is -2.94. The summed E-state index contributed by atoms with van der Waals surface area (Å²) in [7, 11) is 0. The molecule has 0 atom stereocenters. The SMILES string of the molecule is N#CCC(=O)c1ccc(I)c(F)c1F. The zero-order valence-electron chi connectivity index (χ0n) is 6.85. The molecule has 0 saturated heterocycles. The number of hydrogen-bond acceptors (Lipinski definition) is 2. The summed E-state index contributed by atoms with van der Waals surface area (Å²) in [4.78, 5) is 11.1. The average molecular weight is 307 g/mol. The predicted molar refractivity (Wildman–Crippen MR) is 53.6 cm³/mol. The first-order valence-corrected chi connectivity index (χ1v) is 4.69. The van der Waals surface area contributed by atoms with Crippen molar-refractivity contribution in [3.63, 3.8) is 0 Å². The Labute approximate surface area is 92.7 Å². The third-order valence-corrected chi connectivity index (χ3v) is 2.41. The van der Waals surface area contributed by atoms with Gasteiger partial charge in [0.05, 0.1) is 21.6 Å². The Hall–Kier alpha value is -1.03. The van der Waals surface area contributed by atoms with Crippen molar-refractivity contribution < 1.29 is 13.6 Å². The third kappa shape index (κ3) is 2.07. The molecule has 0 aromatic heterocycles. The van der Waals surface area contributed by atoms with E-state index in [2.05, 4.69) is 0 Å². The topological polar surface area (TPSA) is 40.9 Å². The molecule has 1 aromatic carbocycles. The molecule has 0 saturated carbocycles. The molecular formula is C9H4F2INO. The Bertz CT molecular complexity index is 426. The highest BCUT2D eigenvalue weighted by Gasteiger charge is 2.16. The van der Waals surface area contributed by atoms with E-state index < -0.39 is 23.8 Å². The first-order valence-electron chi connectivity index (χ1n) is 3.61. The maximum absolute atomic E-state index is 13.1. The third-order valence-electron chi connectivity index (χ3n) is 1.58. The number of rotatable bonds is 2. The van der Waals surface area contributed by atoms with Crippen LogP contribution in [0.15, 0.2) is 12.1 Å². The monoisotopic (exact) mass is 307 g/mol. The number of nitrogens with zero attached hydrogens (tertiary/aromatic N) is 1. The minimum Gasteiger partial charge on any atom is -0.293 e. The molecule has 0 aliphatic carbocycles. The van der Waals surface area contributed by atoms with E-state index in [1.54, 1.807) is 28.7 Å². The van der Waals surface area contributed by atoms with Gasteiger partial charge in [-0.1, -0.05) is 0 Å². The normalized spacial score (nSPS) is 9.57. The van der Waals surface area contributed by atoms with Crippen LogP contribution in [0.1, 0.15) is 16.8 Å². The van der Waals surface area contributed by atoms with E-state index >= 15 is 0 Å². The molecule has 5 heteroatoms. The Morgan fingerprint density at radius 1 is 1.43 bits per heavy atom. The van der Waals surface area contributed by atoms with Gasteiger partial charge in [-0.3, -0.25) is 4.79 Å². The molecule has 0 amide bonds. The molecule has 0 radical (unpaired) electrons. The first-order chi connectivity index (χ1) is 6.57. The van der Waals surface area contributed by atoms with Gasteiger partial charge >= 0.3 is 0 Å². The van der Waals surface area contributed by atoms with Gasteiger partial charge in [0.2, 0.25) is 0 Å². The lowest BCUT2D eigenvalue weighted by molar-refractivity contribution is 0.0993. The Morgan fingerprint density at radius 3 is 2.64 bits per heavy atom. The summed E-state index contributed by atoms with van der Waals surface area (Å²) in [5.41, 5.74) is -0.371. The number of benzene rings is 1. The minimum absolute atomic E-state index is 0.105. The van der Waals surface area contributed by atoms with Gasteiger partial charge in [0, 0.05) is 0 Å². The second-order valence-corrected chi connectivity index (χ2v) is 3.64. The summed E-state index contributed by atoms with van der Waals surface area (Å²) >= 11 is 1.62. The zero-order chi connectivity index (χ0) is 10.7. The number of hydrogen-bond donors (Lipinski definition) is 0. The number of nitriles is 1. The molecular weight excluding hydrogens is 303 g/mol. The van der Waals surface area contributed by atoms with Gasteiger partial charge < -0.3 is 0 Å². The molecule has 72 valence electrons. The molecule has 1 rings (SSSR count). The van der Waals surface area contributed by atoms with Crippen LogP contribution >= 0.6 is 22.6 Å². The molecule has 2 nitrogen and oxygen atoms in total. The lowest BCUT2D eigenvalue weighted by Gasteiger charge is -2.01.